The van der Waals surface area contributed by atoms with E-state index in [1.165, 1.54) is 0 Å². The van der Waals surface area contributed by atoms with E-state index in [0.29, 0.717) is 44.2 Å². The Balaban J connectivity index is 2.05. The lowest BCUT2D eigenvalue weighted by Gasteiger charge is -2.36. The molecule has 1 aliphatic rings. The van der Waals surface area contributed by atoms with Crippen LogP contribution in [-0.2, 0) is 9.53 Å². The minimum Gasteiger partial charge on any atom is -0.462 e. The van der Waals surface area contributed by atoms with E-state index in [4.69, 9.17) is 9.72 Å². The van der Waals surface area contributed by atoms with Crippen molar-refractivity contribution in [3.05, 3.63) is 35.4 Å². The van der Waals surface area contributed by atoms with Crippen LogP contribution >= 0.6 is 0 Å². The Morgan fingerprint density at radius 3 is 2.48 bits per heavy atom. The largest absolute Gasteiger partial charge is 0.462 e. The van der Waals surface area contributed by atoms with Gasteiger partial charge >= 0.3 is 5.97 Å². The first-order valence-corrected chi connectivity index (χ1v) is 8.59. The fourth-order valence-electron chi connectivity index (χ4n) is 3.27. The second-order valence-corrected chi connectivity index (χ2v) is 6.17. The van der Waals surface area contributed by atoms with Gasteiger partial charge in [0.25, 0.3) is 0 Å². The van der Waals surface area contributed by atoms with Gasteiger partial charge in [0, 0.05) is 38.5 Å². The number of rotatable bonds is 3. The number of aryl methyl sites for hydroxylation is 1. The highest BCUT2D eigenvalue weighted by molar-refractivity contribution is 6.02. The molecule has 6 heteroatoms. The molecule has 0 bridgehead atoms. The lowest BCUT2D eigenvalue weighted by molar-refractivity contribution is -0.129. The molecule has 0 N–H and O–H groups in total. The fraction of sp³-hybridized carbons (Fsp3) is 0.421. The maximum Gasteiger partial charge on any atom is 0.342 e. The zero-order valence-electron chi connectivity index (χ0n) is 14.9. The van der Waals surface area contributed by atoms with Gasteiger partial charge in [0.2, 0.25) is 5.91 Å². The summed E-state index contributed by atoms with van der Waals surface area (Å²) >= 11 is 0. The number of nitrogens with zero attached hydrogens (tertiary/aromatic N) is 3. The standard InChI is InChI=1S/C19H23N3O3/c1-4-25-19(24)17-13(2)15-7-5-6-8-16(15)20-18(17)22-11-9-21(10-12-22)14(3)23/h5-8H,4,9-12H2,1-3H3. The predicted molar refractivity (Wildman–Crippen MR) is 96.9 cm³/mol. The van der Waals surface area contributed by atoms with Crippen LogP contribution in [0.5, 0.6) is 0 Å². The number of ether oxygens (including phenoxy) is 1. The van der Waals surface area contributed by atoms with E-state index in [0.717, 1.165) is 16.5 Å². The van der Waals surface area contributed by atoms with E-state index in [1.54, 1.807) is 13.8 Å². The van der Waals surface area contributed by atoms with Crippen LogP contribution in [0.1, 0.15) is 29.8 Å². The Bertz CT molecular complexity index is 811. The Labute approximate surface area is 147 Å². The number of pyridine rings is 1. The number of benzene rings is 1. The second kappa shape index (κ2) is 7.09. The molecule has 1 saturated heterocycles. The zero-order chi connectivity index (χ0) is 18.0. The highest BCUT2D eigenvalue weighted by Crippen LogP contribution is 2.29. The number of piperazine rings is 1. The van der Waals surface area contributed by atoms with Crippen LogP contribution in [-0.4, -0.2) is 54.5 Å². The summed E-state index contributed by atoms with van der Waals surface area (Å²) in [5.41, 5.74) is 2.27. The molecule has 25 heavy (non-hydrogen) atoms. The fourth-order valence-corrected chi connectivity index (χ4v) is 3.27. The molecule has 3 rings (SSSR count). The van der Waals surface area contributed by atoms with E-state index in [-0.39, 0.29) is 11.9 Å². The first kappa shape index (κ1) is 17.2. The van der Waals surface area contributed by atoms with Crippen molar-refractivity contribution in [1.29, 1.82) is 0 Å². The van der Waals surface area contributed by atoms with Gasteiger partial charge in [-0.1, -0.05) is 18.2 Å². The molecule has 1 aromatic heterocycles. The van der Waals surface area contributed by atoms with Crippen molar-refractivity contribution in [2.75, 3.05) is 37.7 Å². The molecule has 1 amide bonds. The first-order chi connectivity index (χ1) is 12.0. The summed E-state index contributed by atoms with van der Waals surface area (Å²) in [6.45, 7) is 8.20. The molecule has 1 aliphatic heterocycles. The summed E-state index contributed by atoms with van der Waals surface area (Å²) in [6, 6.07) is 7.80. The van der Waals surface area contributed by atoms with Crippen molar-refractivity contribution in [3.8, 4) is 0 Å². The Morgan fingerprint density at radius 2 is 1.84 bits per heavy atom. The molecule has 1 fully saturated rings. The number of hydrogen-bond acceptors (Lipinski definition) is 5. The van der Waals surface area contributed by atoms with Gasteiger partial charge in [-0.3, -0.25) is 4.79 Å². The molecule has 0 unspecified atom stereocenters. The van der Waals surface area contributed by atoms with Crippen LogP contribution in [0.15, 0.2) is 24.3 Å². The molecule has 6 nitrogen and oxygen atoms in total. The summed E-state index contributed by atoms with van der Waals surface area (Å²) < 4.78 is 5.28. The van der Waals surface area contributed by atoms with E-state index in [2.05, 4.69) is 4.90 Å². The number of hydrogen-bond donors (Lipinski definition) is 0. The maximum absolute atomic E-state index is 12.6. The highest BCUT2D eigenvalue weighted by Gasteiger charge is 2.27. The first-order valence-electron chi connectivity index (χ1n) is 8.59. The molecule has 2 heterocycles. The molecule has 132 valence electrons. The van der Waals surface area contributed by atoms with E-state index < -0.39 is 0 Å². The van der Waals surface area contributed by atoms with Crippen LogP contribution in [0.3, 0.4) is 0 Å². The number of amides is 1. The third-order valence-corrected chi connectivity index (χ3v) is 4.64. The van der Waals surface area contributed by atoms with E-state index in [9.17, 15) is 9.59 Å². The van der Waals surface area contributed by atoms with Crippen molar-refractivity contribution < 1.29 is 14.3 Å². The molecule has 0 spiro atoms. The molecule has 0 radical (unpaired) electrons. The summed E-state index contributed by atoms with van der Waals surface area (Å²) in [5, 5.41) is 0.955. The van der Waals surface area contributed by atoms with Crippen LogP contribution in [0.25, 0.3) is 10.9 Å². The van der Waals surface area contributed by atoms with Crippen LogP contribution in [0.2, 0.25) is 0 Å². The highest BCUT2D eigenvalue weighted by atomic mass is 16.5. The zero-order valence-corrected chi connectivity index (χ0v) is 14.9. The van der Waals surface area contributed by atoms with Gasteiger partial charge in [0.15, 0.2) is 0 Å². The Kier molecular flexibility index (Phi) is 4.88. The molecule has 0 aliphatic carbocycles. The quantitative estimate of drug-likeness (QED) is 0.802. The number of fused-ring (bicyclic) bond motifs is 1. The normalized spacial score (nSPS) is 14.7. The van der Waals surface area contributed by atoms with Crippen molar-refractivity contribution in [3.63, 3.8) is 0 Å². The Hall–Kier alpha value is -2.63. The average Bonchev–Trinajstić information content (AvgIpc) is 2.62. The van der Waals surface area contributed by atoms with Crippen LogP contribution in [0, 0.1) is 6.92 Å². The number of aromatic nitrogens is 1. The number of anilines is 1. The van der Waals surface area contributed by atoms with Crippen molar-refractivity contribution in [1.82, 2.24) is 9.88 Å². The van der Waals surface area contributed by atoms with Crippen LogP contribution < -0.4 is 4.90 Å². The van der Waals surface area contributed by atoms with Gasteiger partial charge in [-0.05, 0) is 25.5 Å². The predicted octanol–water partition coefficient (Wildman–Crippen LogP) is 2.39. The number of carbonyl (C=O) groups is 2. The molecular formula is C19H23N3O3. The molecule has 0 saturated carbocycles. The smallest absolute Gasteiger partial charge is 0.342 e. The topological polar surface area (TPSA) is 62.7 Å². The third-order valence-electron chi connectivity index (χ3n) is 4.64. The summed E-state index contributed by atoms with van der Waals surface area (Å²) in [6.07, 6.45) is 0. The monoisotopic (exact) mass is 341 g/mol. The average molecular weight is 341 g/mol. The van der Waals surface area contributed by atoms with E-state index >= 15 is 0 Å². The molecule has 1 aromatic carbocycles. The molecule has 0 atom stereocenters. The van der Waals surface area contributed by atoms with Gasteiger partial charge in [0.05, 0.1) is 12.1 Å². The summed E-state index contributed by atoms with van der Waals surface area (Å²) in [4.78, 5) is 32.8. The molecular weight excluding hydrogens is 318 g/mol. The van der Waals surface area contributed by atoms with Crippen molar-refractivity contribution in [2.24, 2.45) is 0 Å². The van der Waals surface area contributed by atoms with Gasteiger partial charge in [-0.15, -0.1) is 0 Å². The summed E-state index contributed by atoms with van der Waals surface area (Å²) in [5.74, 6) is 0.382. The summed E-state index contributed by atoms with van der Waals surface area (Å²) in [7, 11) is 0. The van der Waals surface area contributed by atoms with Crippen molar-refractivity contribution >= 4 is 28.6 Å². The van der Waals surface area contributed by atoms with Gasteiger partial charge in [0.1, 0.15) is 11.4 Å². The number of carbonyl (C=O) groups excluding carboxylic acids is 2. The minimum absolute atomic E-state index is 0.0768. The third kappa shape index (κ3) is 3.29. The lowest BCUT2D eigenvalue weighted by Crippen LogP contribution is -2.48. The molecule has 2 aromatic rings. The van der Waals surface area contributed by atoms with Gasteiger partial charge in [-0.2, -0.15) is 0 Å². The number of para-hydroxylation sites is 1. The second-order valence-electron chi connectivity index (χ2n) is 6.17. The lowest BCUT2D eigenvalue weighted by atomic mass is 10.0. The van der Waals surface area contributed by atoms with Gasteiger partial charge < -0.3 is 14.5 Å². The van der Waals surface area contributed by atoms with Crippen LogP contribution in [0.4, 0.5) is 5.82 Å². The van der Waals surface area contributed by atoms with Gasteiger partial charge in [-0.25, -0.2) is 9.78 Å². The van der Waals surface area contributed by atoms with Crippen molar-refractivity contribution in [2.45, 2.75) is 20.8 Å². The number of esters is 1. The van der Waals surface area contributed by atoms with E-state index in [1.807, 2.05) is 36.1 Å². The maximum atomic E-state index is 12.6. The SMILES string of the molecule is CCOC(=O)c1c(N2CCN(C(C)=O)CC2)nc2ccccc2c1C. The Morgan fingerprint density at radius 1 is 1.16 bits per heavy atom. The minimum atomic E-state index is -0.345.